The monoisotopic (exact) mass is 380 g/mol. The van der Waals surface area contributed by atoms with E-state index in [2.05, 4.69) is 31.7 Å². The van der Waals surface area contributed by atoms with Crippen molar-refractivity contribution < 1.29 is 4.79 Å². The number of piperazine rings is 1. The van der Waals surface area contributed by atoms with Crippen LogP contribution in [0.1, 0.15) is 35.9 Å². The van der Waals surface area contributed by atoms with Crippen molar-refractivity contribution in [1.82, 2.24) is 19.9 Å². The lowest BCUT2D eigenvalue weighted by molar-refractivity contribution is 0.0691. The van der Waals surface area contributed by atoms with Crippen molar-refractivity contribution in [2.24, 2.45) is 5.92 Å². The molecule has 2 aromatic rings. The van der Waals surface area contributed by atoms with E-state index in [0.717, 1.165) is 63.6 Å². The number of nitrogens with zero attached hydrogens (tertiary/aromatic N) is 6. The van der Waals surface area contributed by atoms with Gasteiger partial charge in [-0.2, -0.15) is 0 Å². The Morgan fingerprint density at radius 1 is 1.00 bits per heavy atom. The summed E-state index contributed by atoms with van der Waals surface area (Å²) in [6.45, 7) is 9.18. The number of aryl methyl sites for hydroxylation is 1. The number of anilines is 2. The number of hydrogen-bond donors (Lipinski definition) is 0. The summed E-state index contributed by atoms with van der Waals surface area (Å²) in [7, 11) is 0. The molecule has 7 nitrogen and oxygen atoms in total. The molecule has 0 atom stereocenters. The predicted molar refractivity (Wildman–Crippen MR) is 110 cm³/mol. The lowest BCUT2D eigenvalue weighted by Gasteiger charge is -2.35. The van der Waals surface area contributed by atoms with Gasteiger partial charge in [-0.25, -0.2) is 15.0 Å². The summed E-state index contributed by atoms with van der Waals surface area (Å²) < 4.78 is 0. The van der Waals surface area contributed by atoms with Gasteiger partial charge in [0.2, 0.25) is 5.95 Å². The summed E-state index contributed by atoms with van der Waals surface area (Å²) in [6.07, 6.45) is 3.96. The van der Waals surface area contributed by atoms with Crippen LogP contribution in [0.5, 0.6) is 0 Å². The van der Waals surface area contributed by atoms with E-state index in [9.17, 15) is 4.79 Å². The maximum absolute atomic E-state index is 12.9. The van der Waals surface area contributed by atoms with Gasteiger partial charge in [-0.15, -0.1) is 0 Å². The van der Waals surface area contributed by atoms with E-state index in [4.69, 9.17) is 0 Å². The van der Waals surface area contributed by atoms with E-state index in [1.807, 2.05) is 42.3 Å². The molecular formula is C21H28N6O. The van der Waals surface area contributed by atoms with Gasteiger partial charge in [0.15, 0.2) is 0 Å². The lowest BCUT2D eigenvalue weighted by atomic mass is 9.99. The minimum absolute atomic E-state index is 0.0331. The number of piperidine rings is 1. The van der Waals surface area contributed by atoms with Crippen molar-refractivity contribution in [3.63, 3.8) is 0 Å². The first-order valence-electron chi connectivity index (χ1n) is 10.2. The van der Waals surface area contributed by atoms with Gasteiger partial charge >= 0.3 is 0 Å². The number of rotatable bonds is 3. The molecule has 148 valence electrons. The van der Waals surface area contributed by atoms with E-state index in [1.165, 1.54) is 0 Å². The average molecular weight is 380 g/mol. The average Bonchev–Trinajstić information content (AvgIpc) is 2.74. The van der Waals surface area contributed by atoms with Crippen molar-refractivity contribution in [3.05, 3.63) is 41.9 Å². The van der Waals surface area contributed by atoms with Crippen LogP contribution in [-0.4, -0.2) is 65.0 Å². The number of carbonyl (C=O) groups excluding carboxylic acids is 1. The zero-order valence-corrected chi connectivity index (χ0v) is 16.7. The highest BCUT2D eigenvalue weighted by molar-refractivity contribution is 5.92. The molecule has 2 saturated heterocycles. The van der Waals surface area contributed by atoms with Crippen LogP contribution in [0.3, 0.4) is 0 Å². The molecule has 1 amide bonds. The van der Waals surface area contributed by atoms with E-state index in [1.54, 1.807) is 0 Å². The Morgan fingerprint density at radius 3 is 2.39 bits per heavy atom. The van der Waals surface area contributed by atoms with Crippen molar-refractivity contribution in [1.29, 1.82) is 0 Å². The summed E-state index contributed by atoms with van der Waals surface area (Å²) in [5, 5.41) is 0. The third-order valence-electron chi connectivity index (χ3n) is 5.67. The third kappa shape index (κ3) is 4.08. The highest BCUT2D eigenvalue weighted by atomic mass is 16.2. The Balaban J connectivity index is 1.45. The molecular weight excluding hydrogens is 352 g/mol. The Hall–Kier alpha value is -2.70. The van der Waals surface area contributed by atoms with Gasteiger partial charge in [0.05, 0.1) is 0 Å². The fourth-order valence-corrected chi connectivity index (χ4v) is 3.85. The summed E-state index contributed by atoms with van der Waals surface area (Å²) in [4.78, 5) is 33.0. The fraction of sp³-hybridized carbons (Fsp3) is 0.524. The molecule has 28 heavy (non-hydrogen) atoms. The van der Waals surface area contributed by atoms with Crippen LogP contribution in [0.15, 0.2) is 30.5 Å². The van der Waals surface area contributed by atoms with Crippen molar-refractivity contribution in [3.8, 4) is 0 Å². The lowest BCUT2D eigenvalue weighted by Crippen LogP contribution is -2.47. The minimum Gasteiger partial charge on any atom is -0.353 e. The first-order valence-corrected chi connectivity index (χ1v) is 10.2. The smallest absolute Gasteiger partial charge is 0.272 e. The first-order chi connectivity index (χ1) is 13.6. The second kappa shape index (κ2) is 8.12. The van der Waals surface area contributed by atoms with E-state index >= 15 is 0 Å². The van der Waals surface area contributed by atoms with Crippen LogP contribution in [0.4, 0.5) is 11.8 Å². The van der Waals surface area contributed by atoms with Gasteiger partial charge < -0.3 is 14.7 Å². The molecule has 0 N–H and O–H groups in total. The zero-order valence-electron chi connectivity index (χ0n) is 16.7. The normalized spacial score (nSPS) is 18.4. The summed E-state index contributed by atoms with van der Waals surface area (Å²) in [6, 6.07) is 7.79. The number of likely N-dealkylation sites (tertiary alicyclic amines) is 1. The molecule has 2 aliphatic heterocycles. The minimum atomic E-state index is 0.0331. The van der Waals surface area contributed by atoms with Crippen molar-refractivity contribution >= 4 is 17.7 Å². The highest BCUT2D eigenvalue weighted by Crippen LogP contribution is 2.20. The van der Waals surface area contributed by atoms with E-state index in [0.29, 0.717) is 17.6 Å². The largest absolute Gasteiger partial charge is 0.353 e. The molecule has 4 rings (SSSR count). The molecule has 2 aromatic heterocycles. The van der Waals surface area contributed by atoms with Gasteiger partial charge in [0.25, 0.3) is 5.91 Å². The van der Waals surface area contributed by atoms with Crippen molar-refractivity contribution in [2.45, 2.75) is 26.7 Å². The highest BCUT2D eigenvalue weighted by Gasteiger charge is 2.25. The summed E-state index contributed by atoms with van der Waals surface area (Å²) >= 11 is 0. The second-order valence-electron chi connectivity index (χ2n) is 7.83. The fourth-order valence-electron chi connectivity index (χ4n) is 3.85. The molecule has 0 unspecified atom stereocenters. The summed E-state index contributed by atoms with van der Waals surface area (Å²) in [5.41, 5.74) is 1.36. The van der Waals surface area contributed by atoms with Crippen LogP contribution >= 0.6 is 0 Å². The molecule has 2 aliphatic rings. The quantitative estimate of drug-likeness (QED) is 0.815. The van der Waals surface area contributed by atoms with Gasteiger partial charge in [-0.1, -0.05) is 13.0 Å². The molecule has 4 heterocycles. The zero-order chi connectivity index (χ0) is 19.5. The van der Waals surface area contributed by atoms with Crippen LogP contribution in [0, 0.1) is 12.8 Å². The van der Waals surface area contributed by atoms with Crippen LogP contribution in [0.2, 0.25) is 0 Å². The maximum atomic E-state index is 12.9. The third-order valence-corrected chi connectivity index (χ3v) is 5.67. The molecule has 0 bridgehead atoms. The SMILES string of the molecule is Cc1cc(C(=O)N2CCC(C)CC2)nc(N2CCN(c3ccccn3)CC2)n1. The molecule has 0 saturated carbocycles. The van der Waals surface area contributed by atoms with Gasteiger partial charge in [-0.05, 0) is 43.9 Å². The first kappa shape index (κ1) is 18.7. The molecule has 0 aromatic carbocycles. The topological polar surface area (TPSA) is 65.5 Å². The number of aromatic nitrogens is 3. The van der Waals surface area contributed by atoms with E-state index in [-0.39, 0.29) is 5.91 Å². The molecule has 2 fully saturated rings. The Kier molecular flexibility index (Phi) is 5.41. The molecule has 7 heteroatoms. The molecule has 0 spiro atoms. The molecule has 0 aliphatic carbocycles. The van der Waals surface area contributed by atoms with Crippen LogP contribution in [0.25, 0.3) is 0 Å². The van der Waals surface area contributed by atoms with Gasteiger partial charge in [0, 0.05) is 51.2 Å². The predicted octanol–water partition coefficient (Wildman–Crippen LogP) is 2.38. The number of carbonyl (C=O) groups is 1. The second-order valence-corrected chi connectivity index (χ2v) is 7.83. The van der Waals surface area contributed by atoms with Gasteiger partial charge in [-0.3, -0.25) is 4.79 Å². The van der Waals surface area contributed by atoms with Crippen LogP contribution < -0.4 is 9.80 Å². The van der Waals surface area contributed by atoms with Crippen molar-refractivity contribution in [2.75, 3.05) is 49.1 Å². The number of pyridine rings is 1. The standard InChI is InChI=1S/C21H28N6O/c1-16-6-9-26(10-7-16)20(28)18-15-17(2)23-21(24-18)27-13-11-25(12-14-27)19-5-3-4-8-22-19/h3-5,8,15-16H,6-7,9-14H2,1-2H3. The Bertz CT molecular complexity index is 811. The van der Waals surface area contributed by atoms with Crippen LogP contribution in [-0.2, 0) is 0 Å². The van der Waals surface area contributed by atoms with E-state index < -0.39 is 0 Å². The molecule has 0 radical (unpaired) electrons. The van der Waals surface area contributed by atoms with Gasteiger partial charge in [0.1, 0.15) is 11.5 Å². The Morgan fingerprint density at radius 2 is 1.71 bits per heavy atom. The maximum Gasteiger partial charge on any atom is 0.272 e. The number of hydrogen-bond acceptors (Lipinski definition) is 6. The summed E-state index contributed by atoms with van der Waals surface area (Å²) in [5.74, 6) is 2.39. The Labute approximate surface area is 166 Å². The number of amides is 1.